The number of rotatable bonds is 3. The van der Waals surface area contributed by atoms with E-state index in [1.165, 1.54) is 6.07 Å². The molecule has 5 nitrogen and oxygen atoms in total. The van der Waals surface area contributed by atoms with Gasteiger partial charge in [0.15, 0.2) is 5.75 Å². The van der Waals surface area contributed by atoms with E-state index in [1.54, 1.807) is 18.2 Å². The van der Waals surface area contributed by atoms with Crippen LogP contribution in [0.1, 0.15) is 0 Å². The quantitative estimate of drug-likeness (QED) is 0.820. The molecule has 7 heteroatoms. The van der Waals surface area contributed by atoms with Crippen molar-refractivity contribution in [2.24, 2.45) is 0 Å². The smallest absolute Gasteiger partial charge is 0.246 e. The molecule has 1 aromatic rings. The highest BCUT2D eigenvalue weighted by Gasteiger charge is 2.11. The number of anilines is 2. The molecule has 0 unspecified atom stereocenters. The molecule has 0 aliphatic carbocycles. The average molecular weight is 290 g/mol. The van der Waals surface area contributed by atoms with E-state index in [9.17, 15) is 8.42 Å². The fourth-order valence-electron chi connectivity index (χ4n) is 0.910. The summed E-state index contributed by atoms with van der Waals surface area (Å²) in [5.74, 6) is -0.589. The minimum absolute atomic E-state index is 0.324. The molecule has 0 heterocycles. The number of nitrogens with one attached hydrogen (secondary N) is 1. The van der Waals surface area contributed by atoms with Gasteiger partial charge in [0, 0.05) is 10.2 Å². The molecule has 0 radical (unpaired) electrons. The summed E-state index contributed by atoms with van der Waals surface area (Å²) in [6.07, 6.45) is 0. The van der Waals surface area contributed by atoms with Crippen molar-refractivity contribution >= 4 is 37.3 Å². The summed E-state index contributed by atoms with van der Waals surface area (Å²) in [7, 11) is -3.62. The Morgan fingerprint density at radius 1 is 1.53 bits per heavy atom. The van der Waals surface area contributed by atoms with Crippen molar-refractivity contribution in [3.8, 4) is 6.07 Å². The summed E-state index contributed by atoms with van der Waals surface area (Å²) in [4.78, 5) is 0. The zero-order valence-corrected chi connectivity index (χ0v) is 9.97. The van der Waals surface area contributed by atoms with Crippen LogP contribution in [-0.2, 0) is 10.0 Å². The number of benzene rings is 1. The summed E-state index contributed by atoms with van der Waals surface area (Å²) in [5, 5.41) is 8.30. The van der Waals surface area contributed by atoms with Crippen LogP contribution in [0.15, 0.2) is 22.7 Å². The maximum Gasteiger partial charge on any atom is 0.246 e. The molecule has 0 saturated carbocycles. The van der Waals surface area contributed by atoms with Crippen molar-refractivity contribution in [2.45, 2.75) is 0 Å². The highest BCUT2D eigenvalue weighted by atomic mass is 79.9. The van der Waals surface area contributed by atoms with Crippen molar-refractivity contribution in [1.82, 2.24) is 0 Å². The Hall–Kier alpha value is -1.26. The highest BCUT2D eigenvalue weighted by Crippen LogP contribution is 2.25. The second-order valence-electron chi connectivity index (χ2n) is 2.76. The standard InChI is InChI=1S/C8H8BrN3O2S/c9-7-2-1-6(11)5-8(7)12-15(13,14)4-3-10/h1-2,5,12H,4,11H2. The molecule has 0 spiro atoms. The molecule has 80 valence electrons. The van der Waals surface area contributed by atoms with Crippen LogP contribution in [0.25, 0.3) is 0 Å². The van der Waals surface area contributed by atoms with Crippen molar-refractivity contribution in [3.63, 3.8) is 0 Å². The maximum atomic E-state index is 11.3. The van der Waals surface area contributed by atoms with Crippen molar-refractivity contribution in [3.05, 3.63) is 22.7 Å². The van der Waals surface area contributed by atoms with E-state index in [1.807, 2.05) is 0 Å². The van der Waals surface area contributed by atoms with Crippen LogP contribution in [-0.4, -0.2) is 14.2 Å². The van der Waals surface area contributed by atoms with Crippen molar-refractivity contribution in [2.75, 3.05) is 16.2 Å². The Morgan fingerprint density at radius 3 is 2.80 bits per heavy atom. The SMILES string of the molecule is N#CCS(=O)(=O)Nc1cc(N)ccc1Br. The zero-order valence-electron chi connectivity index (χ0n) is 7.57. The third-order valence-electron chi connectivity index (χ3n) is 1.51. The third-order valence-corrected chi connectivity index (χ3v) is 3.24. The molecular formula is C8H8BrN3O2S. The molecule has 0 aromatic heterocycles. The van der Waals surface area contributed by atoms with Gasteiger partial charge in [0.25, 0.3) is 0 Å². The van der Waals surface area contributed by atoms with Crippen molar-refractivity contribution < 1.29 is 8.42 Å². The van der Waals surface area contributed by atoms with Gasteiger partial charge in [-0.3, -0.25) is 4.72 Å². The number of nitrogen functional groups attached to an aromatic ring is 1. The van der Waals surface area contributed by atoms with E-state index in [0.717, 1.165) is 0 Å². The normalized spacial score (nSPS) is 10.7. The van der Waals surface area contributed by atoms with Gasteiger partial charge in [-0.1, -0.05) is 0 Å². The Morgan fingerprint density at radius 2 is 2.20 bits per heavy atom. The number of halogens is 1. The lowest BCUT2D eigenvalue weighted by molar-refractivity contribution is 0.604. The summed E-state index contributed by atoms with van der Waals surface area (Å²) < 4.78 is 25.4. The molecule has 0 saturated heterocycles. The van der Waals surface area contributed by atoms with Gasteiger partial charge in [0.1, 0.15) is 0 Å². The minimum atomic E-state index is -3.62. The molecule has 1 rings (SSSR count). The lowest BCUT2D eigenvalue weighted by Gasteiger charge is -2.07. The fraction of sp³-hybridized carbons (Fsp3) is 0.125. The molecule has 0 bridgehead atoms. The predicted octanol–water partition coefficient (Wildman–Crippen LogP) is 1.30. The van der Waals surface area contributed by atoms with Crippen LogP contribution in [0, 0.1) is 11.3 Å². The minimum Gasteiger partial charge on any atom is -0.399 e. The van der Waals surface area contributed by atoms with Gasteiger partial charge >= 0.3 is 0 Å². The van der Waals surface area contributed by atoms with Crippen LogP contribution in [0.3, 0.4) is 0 Å². The molecular weight excluding hydrogens is 282 g/mol. The van der Waals surface area contributed by atoms with E-state index >= 15 is 0 Å². The first-order chi connectivity index (χ1) is 6.94. The van der Waals surface area contributed by atoms with Gasteiger partial charge in [-0.15, -0.1) is 0 Å². The molecule has 1 aromatic carbocycles. The number of nitrogens with zero attached hydrogens (tertiary/aromatic N) is 1. The summed E-state index contributed by atoms with van der Waals surface area (Å²) in [5.41, 5.74) is 6.26. The van der Waals surface area contributed by atoms with E-state index in [0.29, 0.717) is 15.8 Å². The Balaban J connectivity index is 3.00. The number of hydrogen-bond acceptors (Lipinski definition) is 4. The summed E-state index contributed by atoms with van der Waals surface area (Å²) >= 11 is 3.17. The summed E-state index contributed by atoms with van der Waals surface area (Å²) in [6, 6.07) is 6.29. The Bertz CT molecular complexity index is 507. The Kier molecular flexibility index (Phi) is 3.55. The summed E-state index contributed by atoms with van der Waals surface area (Å²) in [6.45, 7) is 0. The number of nitriles is 1. The van der Waals surface area contributed by atoms with Crippen LogP contribution >= 0.6 is 15.9 Å². The van der Waals surface area contributed by atoms with Crippen LogP contribution in [0.2, 0.25) is 0 Å². The van der Waals surface area contributed by atoms with Crippen LogP contribution in [0.4, 0.5) is 11.4 Å². The van der Waals surface area contributed by atoms with Gasteiger partial charge in [-0.25, -0.2) is 8.42 Å². The van der Waals surface area contributed by atoms with Gasteiger partial charge < -0.3 is 5.73 Å². The van der Waals surface area contributed by atoms with Gasteiger partial charge in [-0.05, 0) is 34.1 Å². The largest absolute Gasteiger partial charge is 0.399 e. The van der Waals surface area contributed by atoms with E-state index in [-0.39, 0.29) is 0 Å². The number of sulfonamides is 1. The van der Waals surface area contributed by atoms with Crippen LogP contribution in [0.5, 0.6) is 0 Å². The highest BCUT2D eigenvalue weighted by molar-refractivity contribution is 9.10. The first kappa shape index (κ1) is 11.8. The van der Waals surface area contributed by atoms with Gasteiger partial charge in [0.05, 0.1) is 11.8 Å². The molecule has 0 fully saturated rings. The molecule has 3 N–H and O–H groups in total. The molecule has 0 aliphatic rings. The maximum absolute atomic E-state index is 11.3. The first-order valence-electron chi connectivity index (χ1n) is 3.87. The Labute approximate surface area is 96.1 Å². The van der Waals surface area contributed by atoms with Crippen LogP contribution < -0.4 is 10.5 Å². The van der Waals surface area contributed by atoms with Gasteiger partial charge in [0.2, 0.25) is 10.0 Å². The van der Waals surface area contributed by atoms with Gasteiger partial charge in [-0.2, -0.15) is 5.26 Å². The fourth-order valence-corrected chi connectivity index (χ4v) is 2.13. The predicted molar refractivity (Wildman–Crippen MR) is 61.6 cm³/mol. The van der Waals surface area contributed by atoms with E-state index < -0.39 is 15.8 Å². The molecule has 15 heavy (non-hydrogen) atoms. The second-order valence-corrected chi connectivity index (χ2v) is 5.34. The lowest BCUT2D eigenvalue weighted by Crippen LogP contribution is -2.15. The van der Waals surface area contributed by atoms with E-state index in [2.05, 4.69) is 20.7 Å². The van der Waals surface area contributed by atoms with Crippen molar-refractivity contribution in [1.29, 1.82) is 5.26 Å². The first-order valence-corrected chi connectivity index (χ1v) is 6.31. The third kappa shape index (κ3) is 3.42. The molecule has 0 atom stereocenters. The topological polar surface area (TPSA) is 96.0 Å². The number of hydrogen-bond donors (Lipinski definition) is 2. The molecule has 0 aliphatic heterocycles. The second kappa shape index (κ2) is 4.51. The molecule has 0 amide bonds. The number of nitrogens with two attached hydrogens (primary N) is 1. The monoisotopic (exact) mass is 289 g/mol. The zero-order chi connectivity index (χ0) is 11.5. The van der Waals surface area contributed by atoms with E-state index in [4.69, 9.17) is 11.0 Å². The lowest BCUT2D eigenvalue weighted by atomic mass is 10.3. The average Bonchev–Trinajstić information content (AvgIpc) is 2.10.